The molecule has 128 valence electrons. The highest BCUT2D eigenvalue weighted by atomic mass is 16.2. The molecular formula is C18H20N6O. The molecule has 2 unspecified atom stereocenters. The molecule has 1 N–H and O–H groups in total. The van der Waals surface area contributed by atoms with Crippen molar-refractivity contribution in [2.45, 2.75) is 32.1 Å². The van der Waals surface area contributed by atoms with Crippen molar-refractivity contribution in [3.63, 3.8) is 0 Å². The van der Waals surface area contributed by atoms with Crippen molar-refractivity contribution in [3.8, 4) is 0 Å². The largest absolute Gasteiger partial charge is 0.355 e. The van der Waals surface area contributed by atoms with Crippen molar-refractivity contribution >= 4 is 18.1 Å². The Morgan fingerprint density at radius 3 is 2.88 bits per heavy atom. The first-order chi connectivity index (χ1) is 12.2. The van der Waals surface area contributed by atoms with Gasteiger partial charge in [0.25, 0.3) is 5.91 Å². The van der Waals surface area contributed by atoms with E-state index in [9.17, 15) is 4.79 Å². The van der Waals surface area contributed by atoms with Gasteiger partial charge >= 0.3 is 0 Å². The van der Waals surface area contributed by atoms with Crippen LogP contribution >= 0.6 is 0 Å². The summed E-state index contributed by atoms with van der Waals surface area (Å²) in [5, 5.41) is 7.62. The highest BCUT2D eigenvalue weighted by molar-refractivity contribution is 6.05. The number of amidine groups is 1. The maximum atomic E-state index is 12.5. The number of carbonyl (C=O) groups is 1. The summed E-state index contributed by atoms with van der Waals surface area (Å²) in [6, 6.07) is 9.74. The summed E-state index contributed by atoms with van der Waals surface area (Å²) in [7, 11) is 0. The van der Waals surface area contributed by atoms with Gasteiger partial charge in [-0.3, -0.25) is 9.48 Å². The van der Waals surface area contributed by atoms with Crippen LogP contribution in [0, 0.1) is 0 Å². The monoisotopic (exact) mass is 336 g/mol. The lowest BCUT2D eigenvalue weighted by atomic mass is 10.2. The molecular weight excluding hydrogens is 316 g/mol. The first kappa shape index (κ1) is 15.6. The van der Waals surface area contributed by atoms with Gasteiger partial charge in [0.15, 0.2) is 12.2 Å². The van der Waals surface area contributed by atoms with Gasteiger partial charge in [-0.2, -0.15) is 5.10 Å². The number of nitrogens with one attached hydrogen (secondary N) is 1. The van der Waals surface area contributed by atoms with Gasteiger partial charge in [0.05, 0.1) is 24.6 Å². The molecule has 0 saturated heterocycles. The number of rotatable bonds is 5. The lowest BCUT2D eigenvalue weighted by Gasteiger charge is -2.27. The van der Waals surface area contributed by atoms with Crippen LogP contribution in [-0.4, -0.2) is 51.5 Å². The van der Waals surface area contributed by atoms with Gasteiger partial charge < -0.3 is 10.2 Å². The number of carbonyl (C=O) groups excluding carboxylic acids is 1. The van der Waals surface area contributed by atoms with Crippen LogP contribution in [-0.2, 0) is 11.3 Å². The Morgan fingerprint density at radius 1 is 1.24 bits per heavy atom. The number of hydrogen-bond acceptors (Lipinski definition) is 5. The predicted octanol–water partition coefficient (Wildman–Crippen LogP) is 1.26. The molecule has 0 bridgehead atoms. The first-order valence-corrected chi connectivity index (χ1v) is 8.49. The Bertz CT molecular complexity index is 825. The molecule has 2 atom stereocenters. The molecule has 1 amide bonds. The maximum absolute atomic E-state index is 12.5. The summed E-state index contributed by atoms with van der Waals surface area (Å²) in [6.45, 7) is 3.41. The summed E-state index contributed by atoms with van der Waals surface area (Å²) < 4.78 is 1.87. The topological polar surface area (TPSA) is 74.9 Å². The van der Waals surface area contributed by atoms with E-state index < -0.39 is 6.04 Å². The average molecular weight is 336 g/mol. The van der Waals surface area contributed by atoms with Crippen LogP contribution in [0.4, 0.5) is 0 Å². The van der Waals surface area contributed by atoms with Crippen LogP contribution in [0.5, 0.6) is 0 Å². The van der Waals surface area contributed by atoms with E-state index in [-0.39, 0.29) is 12.1 Å². The Balaban J connectivity index is 1.48. The zero-order valence-corrected chi connectivity index (χ0v) is 14.0. The average Bonchev–Trinajstić information content (AvgIpc) is 3.25. The van der Waals surface area contributed by atoms with Gasteiger partial charge in [-0.15, -0.1) is 0 Å². The zero-order valence-electron chi connectivity index (χ0n) is 14.0. The van der Waals surface area contributed by atoms with Crippen molar-refractivity contribution in [2.24, 2.45) is 9.98 Å². The lowest BCUT2D eigenvalue weighted by Crippen LogP contribution is -2.52. The van der Waals surface area contributed by atoms with E-state index in [0.717, 1.165) is 12.0 Å². The molecule has 7 nitrogen and oxygen atoms in total. The smallest absolute Gasteiger partial charge is 0.254 e. The van der Waals surface area contributed by atoms with Crippen molar-refractivity contribution in [1.82, 2.24) is 20.0 Å². The molecule has 4 rings (SSSR count). The molecule has 25 heavy (non-hydrogen) atoms. The zero-order chi connectivity index (χ0) is 17.2. The normalized spacial score (nSPS) is 21.9. The van der Waals surface area contributed by atoms with E-state index in [1.807, 2.05) is 36.0 Å². The standard InChI is InChI=1S/C18H20N6O/c1-2-8-23-12-19-17-15(18(23)25)21-16(22-17)14-9-20-24(11-14)10-13-6-4-3-5-7-13/h3-7,9,11-12,15,17H,2,8,10H2,1H3,(H,21,22). The molecule has 1 aromatic carbocycles. The maximum Gasteiger partial charge on any atom is 0.254 e. The highest BCUT2D eigenvalue weighted by Crippen LogP contribution is 2.18. The van der Waals surface area contributed by atoms with E-state index in [4.69, 9.17) is 0 Å². The quantitative estimate of drug-likeness (QED) is 0.893. The SMILES string of the molecule is CCCN1C=NC2N=C(c3cnn(Cc4ccccc4)c3)NC2C1=O. The fourth-order valence-electron chi connectivity index (χ4n) is 3.07. The van der Waals surface area contributed by atoms with Gasteiger partial charge in [-0.1, -0.05) is 37.3 Å². The highest BCUT2D eigenvalue weighted by Gasteiger charge is 2.39. The number of hydrogen-bond donors (Lipinski definition) is 1. The third kappa shape index (κ3) is 3.05. The molecule has 2 aliphatic heterocycles. The second-order valence-corrected chi connectivity index (χ2v) is 6.22. The lowest BCUT2D eigenvalue weighted by molar-refractivity contribution is -0.129. The van der Waals surface area contributed by atoms with Crippen LogP contribution in [0.25, 0.3) is 0 Å². The molecule has 3 heterocycles. The van der Waals surface area contributed by atoms with Gasteiger partial charge in [0.2, 0.25) is 0 Å². The van der Waals surface area contributed by atoms with Crippen LogP contribution in [0.2, 0.25) is 0 Å². The molecule has 7 heteroatoms. The molecule has 0 spiro atoms. The predicted molar refractivity (Wildman–Crippen MR) is 95.5 cm³/mol. The number of aliphatic imine (C=N–C) groups is 2. The van der Waals surface area contributed by atoms with Crippen molar-refractivity contribution < 1.29 is 4.79 Å². The van der Waals surface area contributed by atoms with E-state index in [2.05, 4.69) is 32.5 Å². The third-order valence-electron chi connectivity index (χ3n) is 4.32. The Hall–Kier alpha value is -2.96. The van der Waals surface area contributed by atoms with Crippen LogP contribution in [0.3, 0.4) is 0 Å². The van der Waals surface area contributed by atoms with E-state index in [1.165, 1.54) is 5.56 Å². The number of aromatic nitrogens is 2. The van der Waals surface area contributed by atoms with E-state index in [0.29, 0.717) is 18.9 Å². The Kier molecular flexibility index (Phi) is 4.05. The Labute approximate surface area is 146 Å². The summed E-state index contributed by atoms with van der Waals surface area (Å²) in [5.41, 5.74) is 2.05. The fourth-order valence-corrected chi connectivity index (χ4v) is 3.07. The second-order valence-electron chi connectivity index (χ2n) is 6.22. The number of fused-ring (bicyclic) bond motifs is 1. The van der Waals surface area contributed by atoms with Gasteiger partial charge in [-0.25, -0.2) is 9.98 Å². The van der Waals surface area contributed by atoms with Crippen LogP contribution in [0.1, 0.15) is 24.5 Å². The summed E-state index contributed by atoms with van der Waals surface area (Å²) in [6.07, 6.45) is 5.83. The van der Waals surface area contributed by atoms with E-state index >= 15 is 0 Å². The van der Waals surface area contributed by atoms with Gasteiger partial charge in [0.1, 0.15) is 5.84 Å². The molecule has 1 aromatic heterocycles. The second kappa shape index (κ2) is 6.51. The minimum Gasteiger partial charge on any atom is -0.355 e. The third-order valence-corrected chi connectivity index (χ3v) is 4.32. The number of benzene rings is 1. The van der Waals surface area contributed by atoms with Crippen molar-refractivity contribution in [1.29, 1.82) is 0 Å². The molecule has 0 aliphatic carbocycles. The molecule has 0 saturated carbocycles. The fraction of sp³-hybridized carbons (Fsp3) is 0.333. The van der Waals surface area contributed by atoms with E-state index in [1.54, 1.807) is 17.4 Å². The van der Waals surface area contributed by atoms with Crippen molar-refractivity contribution in [2.75, 3.05) is 6.54 Å². The first-order valence-electron chi connectivity index (χ1n) is 8.49. The van der Waals surface area contributed by atoms with Crippen molar-refractivity contribution in [3.05, 3.63) is 53.9 Å². The number of nitrogens with zero attached hydrogens (tertiary/aromatic N) is 5. The molecule has 2 aromatic rings. The van der Waals surface area contributed by atoms with Crippen LogP contribution < -0.4 is 5.32 Å². The molecule has 0 fully saturated rings. The summed E-state index contributed by atoms with van der Waals surface area (Å²) in [4.78, 5) is 23.1. The minimum atomic E-state index is -0.413. The molecule has 2 aliphatic rings. The van der Waals surface area contributed by atoms with Gasteiger partial charge in [-0.05, 0) is 12.0 Å². The number of amides is 1. The Morgan fingerprint density at radius 2 is 2.08 bits per heavy atom. The summed E-state index contributed by atoms with van der Waals surface area (Å²) in [5.74, 6) is 0.704. The minimum absolute atomic E-state index is 0.0253. The molecule has 0 radical (unpaired) electrons. The van der Waals surface area contributed by atoms with Gasteiger partial charge in [0, 0.05) is 12.7 Å². The summed E-state index contributed by atoms with van der Waals surface area (Å²) >= 11 is 0. The van der Waals surface area contributed by atoms with Crippen LogP contribution in [0.15, 0.2) is 52.7 Å².